The third-order valence-electron chi connectivity index (χ3n) is 3.57. The lowest BCUT2D eigenvalue weighted by Crippen LogP contribution is -2.31. The molecule has 0 aliphatic carbocycles. The quantitative estimate of drug-likeness (QED) is 0.932. The Balaban J connectivity index is 2.51. The molecular weight excluding hydrogens is 256 g/mol. The summed E-state index contributed by atoms with van der Waals surface area (Å²) in [5.74, 6) is 0. The summed E-state index contributed by atoms with van der Waals surface area (Å²) in [7, 11) is 0. The predicted octanol–water partition coefficient (Wildman–Crippen LogP) is 3.24. The van der Waals surface area contributed by atoms with Gasteiger partial charge in [-0.2, -0.15) is 0 Å². The van der Waals surface area contributed by atoms with Crippen molar-refractivity contribution >= 4 is 11.3 Å². The average molecular weight is 276 g/mol. The Labute approximate surface area is 117 Å². The average Bonchev–Trinajstić information content (AvgIpc) is 2.91. The normalized spacial score (nSPS) is 14.3. The first-order valence-corrected chi connectivity index (χ1v) is 7.45. The standard InChI is InChI=1S/C15H20N2OS/c1-4-10(2)17-11(3)7-8-12(15(17)18)14(16)13-6-5-9-19-13/h5-10,14H,4,16H2,1-3H3. The van der Waals surface area contributed by atoms with Crippen LogP contribution in [0.5, 0.6) is 0 Å². The van der Waals surface area contributed by atoms with E-state index in [2.05, 4.69) is 13.8 Å². The van der Waals surface area contributed by atoms with Crippen LogP contribution in [0, 0.1) is 6.92 Å². The van der Waals surface area contributed by atoms with E-state index in [1.54, 1.807) is 11.3 Å². The summed E-state index contributed by atoms with van der Waals surface area (Å²) in [5, 5.41) is 1.98. The van der Waals surface area contributed by atoms with E-state index >= 15 is 0 Å². The molecule has 0 amide bonds. The van der Waals surface area contributed by atoms with E-state index in [4.69, 9.17) is 5.73 Å². The van der Waals surface area contributed by atoms with Crippen molar-refractivity contribution < 1.29 is 0 Å². The van der Waals surface area contributed by atoms with Gasteiger partial charge in [0, 0.05) is 22.2 Å². The molecule has 2 aromatic heterocycles. The third-order valence-corrected chi connectivity index (χ3v) is 4.52. The molecule has 0 aliphatic rings. The number of nitrogens with zero attached hydrogens (tertiary/aromatic N) is 1. The monoisotopic (exact) mass is 276 g/mol. The largest absolute Gasteiger partial charge is 0.319 e. The summed E-state index contributed by atoms with van der Waals surface area (Å²) in [6.45, 7) is 6.12. The lowest BCUT2D eigenvalue weighted by molar-refractivity contribution is 0.498. The third kappa shape index (κ3) is 2.65. The SMILES string of the molecule is CCC(C)n1c(C)ccc(C(N)c2cccs2)c1=O. The van der Waals surface area contributed by atoms with Crippen molar-refractivity contribution in [3.63, 3.8) is 0 Å². The fraction of sp³-hybridized carbons (Fsp3) is 0.400. The van der Waals surface area contributed by atoms with Gasteiger partial charge in [0.2, 0.25) is 0 Å². The van der Waals surface area contributed by atoms with Gasteiger partial charge >= 0.3 is 0 Å². The van der Waals surface area contributed by atoms with Crippen LogP contribution in [0.1, 0.15) is 48.5 Å². The number of pyridine rings is 1. The van der Waals surface area contributed by atoms with Gasteiger partial charge in [-0.05, 0) is 43.8 Å². The molecule has 102 valence electrons. The highest BCUT2D eigenvalue weighted by Gasteiger charge is 2.17. The molecular formula is C15H20N2OS. The van der Waals surface area contributed by atoms with Gasteiger partial charge in [-0.15, -0.1) is 11.3 Å². The number of nitrogens with two attached hydrogens (primary N) is 1. The molecule has 3 nitrogen and oxygen atoms in total. The van der Waals surface area contributed by atoms with Gasteiger partial charge in [0.25, 0.3) is 5.56 Å². The van der Waals surface area contributed by atoms with Gasteiger partial charge in [-0.1, -0.05) is 13.0 Å². The van der Waals surface area contributed by atoms with Gasteiger partial charge in [0.15, 0.2) is 0 Å². The van der Waals surface area contributed by atoms with Gasteiger partial charge in [-0.25, -0.2) is 0 Å². The molecule has 0 saturated carbocycles. The summed E-state index contributed by atoms with van der Waals surface area (Å²) < 4.78 is 1.85. The maximum absolute atomic E-state index is 12.6. The zero-order valence-electron chi connectivity index (χ0n) is 11.6. The summed E-state index contributed by atoms with van der Waals surface area (Å²) in [4.78, 5) is 13.6. The second-order valence-electron chi connectivity index (χ2n) is 4.86. The molecule has 2 N–H and O–H groups in total. The second-order valence-corrected chi connectivity index (χ2v) is 5.83. The van der Waals surface area contributed by atoms with E-state index in [-0.39, 0.29) is 17.6 Å². The smallest absolute Gasteiger partial charge is 0.256 e. The first kappa shape index (κ1) is 14.0. The van der Waals surface area contributed by atoms with Gasteiger partial charge in [-0.3, -0.25) is 4.79 Å². The highest BCUT2D eigenvalue weighted by molar-refractivity contribution is 7.10. The first-order chi connectivity index (χ1) is 9.06. The van der Waals surface area contributed by atoms with Crippen LogP contribution in [-0.2, 0) is 0 Å². The van der Waals surface area contributed by atoms with Crippen LogP contribution in [0.4, 0.5) is 0 Å². The summed E-state index contributed by atoms with van der Waals surface area (Å²) in [6.07, 6.45) is 0.929. The number of aryl methyl sites for hydroxylation is 1. The highest BCUT2D eigenvalue weighted by Crippen LogP contribution is 2.22. The lowest BCUT2D eigenvalue weighted by atomic mass is 10.1. The second kappa shape index (κ2) is 5.72. The van der Waals surface area contributed by atoms with Crippen LogP contribution >= 0.6 is 11.3 Å². The number of rotatable bonds is 4. The summed E-state index contributed by atoms with van der Waals surface area (Å²) >= 11 is 1.59. The van der Waals surface area contributed by atoms with Gasteiger partial charge < -0.3 is 10.3 Å². The van der Waals surface area contributed by atoms with Crippen molar-refractivity contribution in [3.8, 4) is 0 Å². The number of hydrogen-bond acceptors (Lipinski definition) is 3. The summed E-state index contributed by atoms with van der Waals surface area (Å²) in [6, 6.07) is 7.65. The minimum absolute atomic E-state index is 0.0373. The van der Waals surface area contributed by atoms with Crippen molar-refractivity contribution in [1.82, 2.24) is 4.57 Å². The molecule has 0 saturated heterocycles. The van der Waals surface area contributed by atoms with Crippen LogP contribution in [0.2, 0.25) is 0 Å². The van der Waals surface area contributed by atoms with Crippen molar-refractivity contribution in [3.05, 3.63) is 56.1 Å². The Bertz CT molecular complexity index is 601. The number of aromatic nitrogens is 1. The number of hydrogen-bond donors (Lipinski definition) is 1. The van der Waals surface area contributed by atoms with E-state index in [1.807, 2.05) is 41.1 Å². The van der Waals surface area contributed by atoms with Crippen molar-refractivity contribution in [2.24, 2.45) is 5.73 Å². The summed E-state index contributed by atoms with van der Waals surface area (Å²) in [5.41, 5.74) is 7.92. The predicted molar refractivity (Wildman–Crippen MR) is 80.8 cm³/mol. The van der Waals surface area contributed by atoms with Crippen LogP contribution in [-0.4, -0.2) is 4.57 Å². The molecule has 0 aromatic carbocycles. The molecule has 2 aromatic rings. The minimum Gasteiger partial charge on any atom is -0.319 e. The lowest BCUT2D eigenvalue weighted by Gasteiger charge is -2.19. The molecule has 0 fully saturated rings. The number of thiophene rings is 1. The highest BCUT2D eigenvalue weighted by atomic mass is 32.1. The zero-order valence-corrected chi connectivity index (χ0v) is 12.4. The minimum atomic E-state index is -0.330. The Morgan fingerprint density at radius 1 is 1.37 bits per heavy atom. The van der Waals surface area contributed by atoms with Crippen molar-refractivity contribution in [2.45, 2.75) is 39.3 Å². The molecule has 4 heteroatoms. The molecule has 2 rings (SSSR count). The zero-order chi connectivity index (χ0) is 14.0. The Hall–Kier alpha value is -1.39. The molecule has 2 atom stereocenters. The van der Waals surface area contributed by atoms with E-state index in [0.29, 0.717) is 5.56 Å². The van der Waals surface area contributed by atoms with Crippen molar-refractivity contribution in [2.75, 3.05) is 0 Å². The molecule has 0 bridgehead atoms. The molecule has 19 heavy (non-hydrogen) atoms. The first-order valence-electron chi connectivity index (χ1n) is 6.57. The van der Waals surface area contributed by atoms with Crippen LogP contribution in [0.25, 0.3) is 0 Å². The molecule has 0 radical (unpaired) electrons. The molecule has 2 heterocycles. The van der Waals surface area contributed by atoms with Crippen LogP contribution in [0.3, 0.4) is 0 Å². The van der Waals surface area contributed by atoms with Crippen LogP contribution < -0.4 is 11.3 Å². The van der Waals surface area contributed by atoms with E-state index < -0.39 is 0 Å². The maximum Gasteiger partial charge on any atom is 0.256 e. The van der Waals surface area contributed by atoms with Crippen molar-refractivity contribution in [1.29, 1.82) is 0 Å². The maximum atomic E-state index is 12.6. The van der Waals surface area contributed by atoms with E-state index in [0.717, 1.165) is 17.0 Å². The topological polar surface area (TPSA) is 48.0 Å². The fourth-order valence-electron chi connectivity index (χ4n) is 2.25. The fourth-order valence-corrected chi connectivity index (χ4v) is 2.99. The van der Waals surface area contributed by atoms with Crippen LogP contribution in [0.15, 0.2) is 34.4 Å². The van der Waals surface area contributed by atoms with Gasteiger partial charge in [0.1, 0.15) is 0 Å². The van der Waals surface area contributed by atoms with E-state index in [9.17, 15) is 4.79 Å². The Kier molecular flexibility index (Phi) is 4.22. The Morgan fingerprint density at radius 2 is 2.11 bits per heavy atom. The van der Waals surface area contributed by atoms with E-state index in [1.165, 1.54) is 0 Å². The Morgan fingerprint density at radius 3 is 2.68 bits per heavy atom. The molecule has 2 unspecified atom stereocenters. The van der Waals surface area contributed by atoms with Gasteiger partial charge in [0.05, 0.1) is 6.04 Å². The molecule has 0 spiro atoms. The molecule has 0 aliphatic heterocycles.